The van der Waals surface area contributed by atoms with Gasteiger partial charge in [-0.05, 0) is 31.2 Å². The molecule has 0 radical (unpaired) electrons. The Kier molecular flexibility index (Phi) is 6.43. The van der Waals surface area contributed by atoms with E-state index in [4.69, 9.17) is 18.9 Å². The molecule has 0 aromatic heterocycles. The minimum Gasteiger partial charge on any atom is -0.493 e. The molecule has 0 saturated carbocycles. The lowest BCUT2D eigenvalue weighted by Crippen LogP contribution is -2.54. The van der Waals surface area contributed by atoms with Crippen LogP contribution in [-0.2, 0) is 15.1 Å². The lowest BCUT2D eigenvalue weighted by Gasteiger charge is -2.42. The first kappa shape index (κ1) is 24.2. The zero-order chi connectivity index (χ0) is 24.7. The number of halogens is 5. The molecule has 11 heteroatoms. The van der Waals surface area contributed by atoms with E-state index >= 15 is 0 Å². The van der Waals surface area contributed by atoms with Gasteiger partial charge in [0.15, 0.2) is 29.2 Å². The minimum atomic E-state index is -4.57. The fraction of sp³-hybridized carbons (Fsp3) is 0.435. The molecule has 4 rings (SSSR count). The molecule has 2 aliphatic rings. The molecule has 2 saturated heterocycles. The van der Waals surface area contributed by atoms with Crippen LogP contribution in [0.15, 0.2) is 36.4 Å². The summed E-state index contributed by atoms with van der Waals surface area (Å²) in [5.41, 5.74) is -1.04. The van der Waals surface area contributed by atoms with Crippen LogP contribution >= 0.6 is 0 Å². The average molecular weight is 487 g/mol. The highest BCUT2D eigenvalue weighted by molar-refractivity contribution is 5.95. The van der Waals surface area contributed by atoms with E-state index in [1.807, 2.05) is 0 Å². The van der Waals surface area contributed by atoms with Crippen LogP contribution in [0, 0.1) is 11.6 Å². The molecule has 184 valence electrons. The van der Waals surface area contributed by atoms with Gasteiger partial charge in [0.1, 0.15) is 18.5 Å². The normalized spacial score (nSPS) is 23.4. The molecule has 6 nitrogen and oxygen atoms in total. The summed E-state index contributed by atoms with van der Waals surface area (Å²) in [6, 6.07) is 7.69. The van der Waals surface area contributed by atoms with Crippen LogP contribution in [0.1, 0.15) is 29.3 Å². The minimum absolute atomic E-state index is 0.0315. The highest BCUT2D eigenvalue weighted by Gasteiger charge is 2.52. The molecule has 3 unspecified atom stereocenters. The van der Waals surface area contributed by atoms with Gasteiger partial charge in [-0.25, -0.2) is 8.78 Å². The molecule has 0 bridgehead atoms. The Morgan fingerprint density at radius 3 is 2.68 bits per heavy atom. The van der Waals surface area contributed by atoms with E-state index < -0.39 is 41.5 Å². The summed E-state index contributed by atoms with van der Waals surface area (Å²) in [6.45, 7) is 0.921. The smallest absolute Gasteiger partial charge is 0.425 e. The van der Waals surface area contributed by atoms with E-state index in [1.54, 1.807) is 0 Å². The summed E-state index contributed by atoms with van der Waals surface area (Å²) in [4.78, 5) is 14.6. The van der Waals surface area contributed by atoms with Crippen LogP contribution in [0.4, 0.5) is 22.0 Å². The van der Waals surface area contributed by atoms with E-state index in [-0.39, 0.29) is 48.9 Å². The molecule has 2 aliphatic heterocycles. The maximum atomic E-state index is 14.5. The van der Waals surface area contributed by atoms with Crippen molar-refractivity contribution in [1.82, 2.24) is 4.90 Å². The number of amides is 1. The number of carbonyl (C=O) groups excluding carboxylic acids is 1. The van der Waals surface area contributed by atoms with Crippen LogP contribution < -0.4 is 9.47 Å². The highest BCUT2D eigenvalue weighted by atomic mass is 19.4. The molecular formula is C23H22F5NO5. The lowest BCUT2D eigenvalue weighted by molar-refractivity contribution is -0.189. The van der Waals surface area contributed by atoms with Crippen molar-refractivity contribution >= 4 is 5.91 Å². The standard InChI is InChI=1S/C23H22F5NO5/c1-13(23(26,27)28)34-17-7-6-14(10-18(17)31-2)21(30)29-9-8-22(19(11-29)32-12-33-22)15-4-3-5-16(24)20(15)25/h3-7,10,13,19H,8-9,11-12H2,1-2H3. The van der Waals surface area contributed by atoms with Gasteiger partial charge in [-0.1, -0.05) is 12.1 Å². The molecule has 2 aromatic rings. The van der Waals surface area contributed by atoms with Gasteiger partial charge in [0.05, 0.1) is 13.7 Å². The van der Waals surface area contributed by atoms with Gasteiger partial charge in [-0.15, -0.1) is 0 Å². The second-order valence-electron chi connectivity index (χ2n) is 8.08. The number of hydrogen-bond donors (Lipinski definition) is 0. The summed E-state index contributed by atoms with van der Waals surface area (Å²) in [5.74, 6) is -2.65. The van der Waals surface area contributed by atoms with Gasteiger partial charge in [-0.3, -0.25) is 4.79 Å². The van der Waals surface area contributed by atoms with Crippen molar-refractivity contribution in [3.8, 4) is 11.5 Å². The van der Waals surface area contributed by atoms with Crippen LogP contribution in [0.5, 0.6) is 11.5 Å². The van der Waals surface area contributed by atoms with Gasteiger partial charge in [-0.2, -0.15) is 13.2 Å². The van der Waals surface area contributed by atoms with E-state index in [2.05, 4.69) is 0 Å². The largest absolute Gasteiger partial charge is 0.493 e. The maximum Gasteiger partial charge on any atom is 0.425 e. The molecule has 3 atom stereocenters. The fourth-order valence-electron chi connectivity index (χ4n) is 4.21. The van der Waals surface area contributed by atoms with Crippen molar-refractivity contribution in [2.24, 2.45) is 0 Å². The monoisotopic (exact) mass is 487 g/mol. The van der Waals surface area contributed by atoms with Crippen LogP contribution in [0.25, 0.3) is 0 Å². The van der Waals surface area contributed by atoms with Crippen molar-refractivity contribution in [2.45, 2.75) is 37.3 Å². The second-order valence-corrected chi connectivity index (χ2v) is 8.08. The molecular weight excluding hydrogens is 465 g/mol. The number of benzene rings is 2. The molecule has 2 fully saturated rings. The predicted molar refractivity (Wildman–Crippen MR) is 109 cm³/mol. The summed E-state index contributed by atoms with van der Waals surface area (Å²) in [6.07, 6.45) is -7.21. The van der Waals surface area contributed by atoms with Crippen molar-refractivity contribution in [3.05, 3.63) is 59.2 Å². The Bertz CT molecular complexity index is 1080. The number of hydrogen-bond acceptors (Lipinski definition) is 5. The first-order valence-corrected chi connectivity index (χ1v) is 10.5. The van der Waals surface area contributed by atoms with E-state index in [9.17, 15) is 26.7 Å². The Hall–Kier alpha value is -2.92. The third kappa shape index (κ3) is 4.29. The summed E-state index contributed by atoms with van der Waals surface area (Å²) < 4.78 is 88.3. The molecule has 2 aromatic carbocycles. The van der Waals surface area contributed by atoms with Gasteiger partial charge in [0.2, 0.25) is 0 Å². The van der Waals surface area contributed by atoms with Gasteiger partial charge >= 0.3 is 6.18 Å². The number of nitrogens with zero attached hydrogens (tertiary/aromatic N) is 1. The Morgan fingerprint density at radius 1 is 1.21 bits per heavy atom. The predicted octanol–water partition coefficient (Wildman–Crippen LogP) is 4.42. The summed E-state index contributed by atoms with van der Waals surface area (Å²) in [5, 5.41) is 0. The van der Waals surface area contributed by atoms with E-state index in [0.717, 1.165) is 13.0 Å². The van der Waals surface area contributed by atoms with Gasteiger partial charge in [0, 0.05) is 24.1 Å². The average Bonchev–Trinajstić information content (AvgIpc) is 3.24. The topological polar surface area (TPSA) is 57.2 Å². The maximum absolute atomic E-state index is 14.5. The molecule has 0 spiro atoms. The van der Waals surface area contributed by atoms with Crippen molar-refractivity contribution in [1.29, 1.82) is 0 Å². The molecule has 0 aliphatic carbocycles. The lowest BCUT2D eigenvalue weighted by atomic mass is 9.81. The number of piperidine rings is 1. The molecule has 0 N–H and O–H groups in total. The van der Waals surface area contributed by atoms with Crippen LogP contribution in [-0.4, -0.2) is 56.2 Å². The number of fused-ring (bicyclic) bond motifs is 1. The van der Waals surface area contributed by atoms with Crippen molar-refractivity contribution in [3.63, 3.8) is 0 Å². The number of likely N-dealkylation sites (tertiary alicyclic amines) is 1. The Morgan fingerprint density at radius 2 is 1.97 bits per heavy atom. The number of alkyl halides is 3. The number of ether oxygens (including phenoxy) is 4. The first-order valence-electron chi connectivity index (χ1n) is 10.5. The second kappa shape index (κ2) is 9.03. The van der Waals surface area contributed by atoms with Crippen molar-refractivity contribution < 1.29 is 45.7 Å². The quantitative estimate of drug-likeness (QED) is 0.585. The summed E-state index contributed by atoms with van der Waals surface area (Å²) >= 11 is 0. The zero-order valence-corrected chi connectivity index (χ0v) is 18.3. The molecule has 1 amide bonds. The SMILES string of the molecule is COc1cc(C(=O)N2CCC3(c4cccc(F)c4F)OCOC3C2)ccc1OC(C)C(F)(F)F. The van der Waals surface area contributed by atoms with Crippen LogP contribution in [0.3, 0.4) is 0 Å². The summed E-state index contributed by atoms with van der Waals surface area (Å²) in [7, 11) is 1.25. The van der Waals surface area contributed by atoms with E-state index in [0.29, 0.717) is 0 Å². The number of rotatable bonds is 5. The number of carbonyl (C=O) groups is 1. The fourth-order valence-corrected chi connectivity index (χ4v) is 4.21. The third-order valence-corrected chi connectivity index (χ3v) is 6.12. The van der Waals surface area contributed by atoms with E-state index in [1.165, 1.54) is 42.3 Å². The molecule has 34 heavy (non-hydrogen) atoms. The first-order chi connectivity index (χ1) is 16.1. The number of methoxy groups -OCH3 is 1. The zero-order valence-electron chi connectivity index (χ0n) is 18.3. The molecule has 2 heterocycles. The van der Waals surface area contributed by atoms with Crippen molar-refractivity contribution in [2.75, 3.05) is 27.0 Å². The van der Waals surface area contributed by atoms with Crippen LogP contribution in [0.2, 0.25) is 0 Å². The van der Waals surface area contributed by atoms with Gasteiger partial charge in [0.25, 0.3) is 5.91 Å². The Balaban J connectivity index is 1.53. The van der Waals surface area contributed by atoms with Gasteiger partial charge < -0.3 is 23.8 Å². The third-order valence-electron chi connectivity index (χ3n) is 6.12. The highest BCUT2D eigenvalue weighted by Crippen LogP contribution is 2.44. The Labute approximate surface area is 192 Å².